The molecular weight excluding hydrogens is 282 g/mol. The maximum absolute atomic E-state index is 10.7. The van der Waals surface area contributed by atoms with E-state index in [1.165, 1.54) is 0 Å². The maximum Gasteiger partial charge on any atom is 0.240 e. The van der Waals surface area contributed by atoms with Crippen molar-refractivity contribution < 1.29 is 14.4 Å². The zero-order valence-corrected chi connectivity index (χ0v) is 13.6. The van der Waals surface area contributed by atoms with E-state index in [-0.39, 0.29) is 5.92 Å². The van der Waals surface area contributed by atoms with Gasteiger partial charge in [-0.15, -0.1) is 0 Å². The topological polar surface area (TPSA) is 71.6 Å². The van der Waals surface area contributed by atoms with Gasteiger partial charge in [-0.3, -0.25) is 4.90 Å². The van der Waals surface area contributed by atoms with E-state index < -0.39 is 5.60 Å². The molecule has 3 heterocycles. The lowest BCUT2D eigenvalue weighted by Crippen LogP contribution is -2.52. The fraction of sp³-hybridized carbons (Fsp3) is 0.875. The minimum absolute atomic E-state index is 0.154. The van der Waals surface area contributed by atoms with Crippen molar-refractivity contribution in [3.63, 3.8) is 0 Å². The number of ether oxygens (including phenoxy) is 1. The van der Waals surface area contributed by atoms with E-state index >= 15 is 0 Å². The molecule has 2 fully saturated rings. The zero-order valence-electron chi connectivity index (χ0n) is 13.6. The van der Waals surface area contributed by atoms with Crippen LogP contribution in [0.4, 0.5) is 0 Å². The molecule has 0 aromatic carbocycles. The Balaban J connectivity index is 1.67. The monoisotopic (exact) mass is 309 g/mol. The van der Waals surface area contributed by atoms with Crippen molar-refractivity contribution in [2.45, 2.75) is 64.1 Å². The van der Waals surface area contributed by atoms with Crippen molar-refractivity contribution >= 4 is 0 Å². The van der Waals surface area contributed by atoms with Crippen molar-refractivity contribution in [3.8, 4) is 0 Å². The summed E-state index contributed by atoms with van der Waals surface area (Å²) in [5.74, 6) is 1.63. The van der Waals surface area contributed by atoms with Crippen molar-refractivity contribution in [1.82, 2.24) is 15.0 Å². The Kier molecular flexibility index (Phi) is 4.80. The Morgan fingerprint density at radius 2 is 2.32 bits per heavy atom. The molecule has 0 aliphatic carbocycles. The van der Waals surface area contributed by atoms with Gasteiger partial charge in [-0.1, -0.05) is 12.1 Å². The molecule has 1 aromatic rings. The first kappa shape index (κ1) is 15.9. The second-order valence-electron chi connectivity index (χ2n) is 6.82. The van der Waals surface area contributed by atoms with Crippen molar-refractivity contribution in [1.29, 1.82) is 0 Å². The summed E-state index contributed by atoms with van der Waals surface area (Å²) in [7, 11) is 0. The van der Waals surface area contributed by atoms with Gasteiger partial charge in [0.15, 0.2) is 5.82 Å². The van der Waals surface area contributed by atoms with Crippen molar-refractivity contribution in [2.75, 3.05) is 19.8 Å². The van der Waals surface area contributed by atoms with Crippen molar-refractivity contribution in [2.24, 2.45) is 5.92 Å². The smallest absolute Gasteiger partial charge is 0.240 e. The number of hydrogen-bond donors (Lipinski definition) is 1. The van der Waals surface area contributed by atoms with Gasteiger partial charge in [-0.25, -0.2) is 0 Å². The third-order valence-electron chi connectivity index (χ3n) is 5.05. The molecule has 3 rings (SSSR count). The summed E-state index contributed by atoms with van der Waals surface area (Å²) in [5, 5.41) is 14.7. The molecule has 2 saturated heterocycles. The average Bonchev–Trinajstić information content (AvgIpc) is 3.09. The summed E-state index contributed by atoms with van der Waals surface area (Å²) >= 11 is 0. The van der Waals surface area contributed by atoms with E-state index in [9.17, 15) is 5.11 Å². The van der Waals surface area contributed by atoms with Gasteiger partial charge in [0.05, 0.1) is 18.8 Å². The molecule has 3 atom stereocenters. The van der Waals surface area contributed by atoms with Gasteiger partial charge in [-0.2, -0.15) is 4.98 Å². The minimum atomic E-state index is -0.645. The first-order valence-corrected chi connectivity index (χ1v) is 8.46. The fourth-order valence-corrected chi connectivity index (χ4v) is 3.74. The molecule has 6 nitrogen and oxygen atoms in total. The predicted octanol–water partition coefficient (Wildman–Crippen LogP) is 1.77. The molecule has 0 radical (unpaired) electrons. The number of hydrogen-bond acceptors (Lipinski definition) is 6. The second-order valence-corrected chi connectivity index (χ2v) is 6.82. The van der Waals surface area contributed by atoms with Crippen LogP contribution < -0.4 is 0 Å². The van der Waals surface area contributed by atoms with Gasteiger partial charge in [0.25, 0.3) is 0 Å². The molecule has 0 spiro atoms. The molecule has 0 bridgehead atoms. The lowest BCUT2D eigenvalue weighted by molar-refractivity contribution is -0.124. The molecule has 2 aliphatic heterocycles. The van der Waals surface area contributed by atoms with Gasteiger partial charge >= 0.3 is 0 Å². The van der Waals surface area contributed by atoms with Gasteiger partial charge in [-0.05, 0) is 39.2 Å². The van der Waals surface area contributed by atoms with Crippen LogP contribution in [-0.2, 0) is 17.7 Å². The van der Waals surface area contributed by atoms with E-state index in [0.717, 1.165) is 38.1 Å². The summed E-state index contributed by atoms with van der Waals surface area (Å²) in [6.45, 7) is 7.04. The Labute approximate surface area is 131 Å². The SMILES string of the molecule is CCCc1noc(CN2CCC[C@@H]2[C@@H]2COCC[C@@]2(C)O)n1. The Morgan fingerprint density at radius 3 is 3.09 bits per heavy atom. The van der Waals surface area contributed by atoms with Crippen LogP contribution in [0.25, 0.3) is 0 Å². The van der Waals surface area contributed by atoms with E-state index in [4.69, 9.17) is 9.26 Å². The highest BCUT2D eigenvalue weighted by molar-refractivity contribution is 4.97. The lowest BCUT2D eigenvalue weighted by atomic mass is 9.79. The molecule has 0 amide bonds. The largest absolute Gasteiger partial charge is 0.390 e. The van der Waals surface area contributed by atoms with E-state index in [1.807, 2.05) is 6.92 Å². The third kappa shape index (κ3) is 3.34. The highest BCUT2D eigenvalue weighted by Crippen LogP contribution is 2.36. The van der Waals surface area contributed by atoms with Crippen LogP contribution in [0.15, 0.2) is 4.52 Å². The molecule has 2 aliphatic rings. The highest BCUT2D eigenvalue weighted by Gasteiger charge is 2.44. The van der Waals surface area contributed by atoms with Crippen LogP contribution >= 0.6 is 0 Å². The van der Waals surface area contributed by atoms with Gasteiger partial charge in [0.1, 0.15) is 0 Å². The Hall–Kier alpha value is -0.980. The van der Waals surface area contributed by atoms with Crippen LogP contribution in [0.3, 0.4) is 0 Å². The summed E-state index contributed by atoms with van der Waals surface area (Å²) in [6, 6.07) is 0.330. The molecular formula is C16H27N3O3. The van der Waals surface area contributed by atoms with Crippen LogP contribution in [-0.4, -0.2) is 51.5 Å². The van der Waals surface area contributed by atoms with E-state index in [2.05, 4.69) is 22.0 Å². The first-order valence-electron chi connectivity index (χ1n) is 8.46. The van der Waals surface area contributed by atoms with E-state index in [0.29, 0.717) is 38.1 Å². The lowest BCUT2D eigenvalue weighted by Gasteiger charge is -2.43. The average molecular weight is 309 g/mol. The minimum Gasteiger partial charge on any atom is -0.390 e. The number of likely N-dealkylation sites (tertiary alicyclic amines) is 1. The summed E-state index contributed by atoms with van der Waals surface area (Å²) < 4.78 is 11.0. The molecule has 6 heteroatoms. The van der Waals surface area contributed by atoms with Gasteiger partial charge in [0, 0.05) is 25.0 Å². The summed E-state index contributed by atoms with van der Waals surface area (Å²) in [6.07, 6.45) is 4.84. The number of rotatable bonds is 5. The van der Waals surface area contributed by atoms with Gasteiger partial charge in [0.2, 0.25) is 5.89 Å². The van der Waals surface area contributed by atoms with Crippen LogP contribution in [0, 0.1) is 5.92 Å². The number of aromatic nitrogens is 2. The number of nitrogens with zero attached hydrogens (tertiary/aromatic N) is 3. The molecule has 22 heavy (non-hydrogen) atoms. The van der Waals surface area contributed by atoms with Crippen molar-refractivity contribution in [3.05, 3.63) is 11.7 Å². The standard InChI is InChI=1S/C16H27N3O3/c1-3-5-14-17-15(22-18-14)10-19-8-4-6-13(19)12-11-21-9-7-16(12,2)20/h12-13,20H,3-11H2,1-2H3/t12-,13+,16+/m0/s1. The predicted molar refractivity (Wildman–Crippen MR) is 81.3 cm³/mol. The Bertz CT molecular complexity index is 489. The van der Waals surface area contributed by atoms with E-state index in [1.54, 1.807) is 0 Å². The zero-order chi connectivity index (χ0) is 15.6. The molecule has 1 N–H and O–H groups in total. The maximum atomic E-state index is 10.7. The quantitative estimate of drug-likeness (QED) is 0.894. The molecule has 0 unspecified atom stereocenters. The number of aliphatic hydroxyl groups is 1. The summed E-state index contributed by atoms with van der Waals surface area (Å²) in [5.41, 5.74) is -0.645. The van der Waals surface area contributed by atoms with Crippen LogP contribution in [0.5, 0.6) is 0 Å². The fourth-order valence-electron chi connectivity index (χ4n) is 3.74. The first-order chi connectivity index (χ1) is 10.6. The Morgan fingerprint density at radius 1 is 1.45 bits per heavy atom. The molecule has 1 aromatic heterocycles. The summed E-state index contributed by atoms with van der Waals surface area (Å²) in [4.78, 5) is 6.84. The molecule has 124 valence electrons. The molecule has 0 saturated carbocycles. The van der Waals surface area contributed by atoms with Crippen LogP contribution in [0.2, 0.25) is 0 Å². The highest BCUT2D eigenvalue weighted by atomic mass is 16.5. The van der Waals surface area contributed by atoms with Crippen LogP contribution in [0.1, 0.15) is 51.2 Å². The normalized spacial score (nSPS) is 33.4. The third-order valence-corrected chi connectivity index (χ3v) is 5.05. The van der Waals surface area contributed by atoms with Gasteiger partial charge < -0.3 is 14.4 Å². The second kappa shape index (κ2) is 6.64. The number of aryl methyl sites for hydroxylation is 1.